The number of hydrogen-bond acceptors (Lipinski definition) is 5. The van der Waals surface area contributed by atoms with Gasteiger partial charge in [0.25, 0.3) is 0 Å². The molecule has 1 aliphatic heterocycles. The highest BCUT2D eigenvalue weighted by molar-refractivity contribution is 5.84. The van der Waals surface area contributed by atoms with E-state index in [2.05, 4.69) is 33.9 Å². The number of likely N-dealkylation sites (tertiary alicyclic amines) is 1. The molecule has 5 heteroatoms. The summed E-state index contributed by atoms with van der Waals surface area (Å²) in [5.74, 6) is 0.787. The third-order valence-corrected chi connectivity index (χ3v) is 5.17. The van der Waals surface area contributed by atoms with Crippen LogP contribution in [0.5, 0.6) is 5.75 Å². The molecule has 0 unspecified atom stereocenters. The third kappa shape index (κ3) is 4.10. The highest BCUT2D eigenvalue weighted by Gasteiger charge is 2.29. The standard InChI is InChI=1S/C22H25N3O2/c1-2-16-8-9-17(24-13-16)14-25-12-10-22(20(26)15-25)27-21-7-3-6-19-18(21)5-4-11-23-19/h3-9,11,13,20,22,26H,2,10,12,14-15H2,1H3/t20-,22-/m1/s1. The Bertz CT molecular complexity index is 892. The van der Waals surface area contributed by atoms with Crippen LogP contribution in [0.1, 0.15) is 24.6 Å². The lowest BCUT2D eigenvalue weighted by molar-refractivity contribution is -0.0271. The molecule has 27 heavy (non-hydrogen) atoms. The molecule has 1 N–H and O–H groups in total. The molecule has 140 valence electrons. The molecule has 1 aliphatic rings. The molecule has 0 saturated carbocycles. The Kier molecular flexibility index (Phi) is 5.32. The van der Waals surface area contributed by atoms with Crippen LogP contribution in [0.4, 0.5) is 0 Å². The maximum Gasteiger partial charge on any atom is 0.129 e. The van der Waals surface area contributed by atoms with Crippen LogP contribution in [0, 0.1) is 0 Å². The number of aliphatic hydroxyl groups is 1. The number of pyridine rings is 2. The van der Waals surface area contributed by atoms with E-state index in [0.29, 0.717) is 6.54 Å². The van der Waals surface area contributed by atoms with Crippen molar-refractivity contribution in [1.82, 2.24) is 14.9 Å². The first-order valence-electron chi connectivity index (χ1n) is 9.57. The van der Waals surface area contributed by atoms with Gasteiger partial charge in [0.1, 0.15) is 18.0 Å². The van der Waals surface area contributed by atoms with Gasteiger partial charge in [-0.25, -0.2) is 0 Å². The number of aryl methyl sites for hydroxylation is 1. The Morgan fingerprint density at radius 3 is 2.85 bits per heavy atom. The van der Waals surface area contributed by atoms with Gasteiger partial charge in [-0.15, -0.1) is 0 Å². The summed E-state index contributed by atoms with van der Waals surface area (Å²) >= 11 is 0. The molecule has 2 aromatic heterocycles. The Morgan fingerprint density at radius 2 is 2.07 bits per heavy atom. The Hall–Kier alpha value is -2.50. The number of hydrogen-bond donors (Lipinski definition) is 1. The van der Waals surface area contributed by atoms with E-state index in [0.717, 1.165) is 48.3 Å². The lowest BCUT2D eigenvalue weighted by atomic mass is 10.0. The number of piperidine rings is 1. The van der Waals surface area contributed by atoms with Crippen molar-refractivity contribution in [2.75, 3.05) is 13.1 Å². The molecule has 0 spiro atoms. The van der Waals surface area contributed by atoms with E-state index in [4.69, 9.17) is 4.74 Å². The van der Waals surface area contributed by atoms with Crippen molar-refractivity contribution in [3.63, 3.8) is 0 Å². The van der Waals surface area contributed by atoms with Gasteiger partial charge >= 0.3 is 0 Å². The molecule has 0 aliphatic carbocycles. The van der Waals surface area contributed by atoms with Crippen LogP contribution in [-0.4, -0.2) is 45.3 Å². The van der Waals surface area contributed by atoms with Crippen LogP contribution in [0.3, 0.4) is 0 Å². The quantitative estimate of drug-likeness (QED) is 0.754. The second kappa shape index (κ2) is 8.03. The summed E-state index contributed by atoms with van der Waals surface area (Å²) in [5, 5.41) is 11.6. The van der Waals surface area contributed by atoms with Gasteiger partial charge in [0, 0.05) is 37.4 Å². The maximum absolute atomic E-state index is 10.6. The molecule has 3 heterocycles. The van der Waals surface area contributed by atoms with Gasteiger partial charge in [-0.1, -0.05) is 19.1 Å². The fourth-order valence-corrected chi connectivity index (χ4v) is 3.58. The number of fused-ring (bicyclic) bond motifs is 1. The van der Waals surface area contributed by atoms with E-state index >= 15 is 0 Å². The summed E-state index contributed by atoms with van der Waals surface area (Å²) in [5.41, 5.74) is 3.19. The van der Waals surface area contributed by atoms with Crippen LogP contribution in [0.25, 0.3) is 10.9 Å². The molecule has 1 fully saturated rings. The molecule has 0 amide bonds. The Balaban J connectivity index is 1.39. The van der Waals surface area contributed by atoms with Gasteiger partial charge < -0.3 is 9.84 Å². The minimum atomic E-state index is -0.527. The molecule has 0 radical (unpaired) electrons. The first-order chi connectivity index (χ1) is 13.2. The van der Waals surface area contributed by atoms with E-state index in [1.54, 1.807) is 6.20 Å². The summed E-state index contributed by atoms with van der Waals surface area (Å²) in [6.45, 7) is 4.35. The smallest absolute Gasteiger partial charge is 0.129 e. The van der Waals surface area contributed by atoms with Crippen molar-refractivity contribution in [1.29, 1.82) is 0 Å². The number of nitrogens with zero attached hydrogens (tertiary/aromatic N) is 3. The zero-order valence-corrected chi connectivity index (χ0v) is 15.6. The van der Waals surface area contributed by atoms with Crippen molar-refractivity contribution in [2.45, 2.75) is 38.5 Å². The minimum absolute atomic E-state index is 0.206. The average molecular weight is 363 g/mol. The fourth-order valence-electron chi connectivity index (χ4n) is 3.58. The van der Waals surface area contributed by atoms with Crippen molar-refractivity contribution >= 4 is 10.9 Å². The summed E-state index contributed by atoms with van der Waals surface area (Å²) in [6.07, 6.45) is 4.77. The molecular weight excluding hydrogens is 338 g/mol. The number of aromatic nitrogens is 2. The topological polar surface area (TPSA) is 58.5 Å². The SMILES string of the molecule is CCc1ccc(CN2CC[C@@H](Oc3cccc4ncccc34)[C@H](O)C2)nc1. The normalized spacial score (nSPS) is 20.7. The number of benzene rings is 1. The van der Waals surface area contributed by atoms with Gasteiger partial charge in [-0.2, -0.15) is 0 Å². The van der Waals surface area contributed by atoms with Crippen molar-refractivity contribution in [3.05, 3.63) is 66.1 Å². The number of rotatable bonds is 5. The van der Waals surface area contributed by atoms with Crippen molar-refractivity contribution in [2.24, 2.45) is 0 Å². The van der Waals surface area contributed by atoms with E-state index in [1.165, 1.54) is 5.56 Å². The van der Waals surface area contributed by atoms with Crippen molar-refractivity contribution in [3.8, 4) is 5.75 Å². The van der Waals surface area contributed by atoms with E-state index in [-0.39, 0.29) is 6.10 Å². The van der Waals surface area contributed by atoms with Crippen molar-refractivity contribution < 1.29 is 9.84 Å². The Morgan fingerprint density at radius 1 is 1.15 bits per heavy atom. The number of aliphatic hydroxyl groups excluding tert-OH is 1. The number of β-amino-alcohol motifs (C(OH)–C–C–N with tert-alkyl or cyclic N) is 1. The summed E-state index contributed by atoms with van der Waals surface area (Å²) < 4.78 is 6.18. The molecule has 5 nitrogen and oxygen atoms in total. The third-order valence-electron chi connectivity index (χ3n) is 5.17. The Labute approximate surface area is 159 Å². The minimum Gasteiger partial charge on any atom is -0.487 e. The predicted octanol–water partition coefficient (Wildman–Crippen LogP) is 3.21. The lowest BCUT2D eigenvalue weighted by Crippen LogP contribution is -2.48. The summed E-state index contributed by atoms with van der Waals surface area (Å²) in [7, 11) is 0. The van der Waals surface area contributed by atoms with Gasteiger partial charge in [-0.3, -0.25) is 14.9 Å². The second-order valence-corrected chi connectivity index (χ2v) is 7.09. The van der Waals surface area contributed by atoms with Gasteiger partial charge in [0.05, 0.1) is 11.2 Å². The molecular formula is C22H25N3O2. The maximum atomic E-state index is 10.6. The second-order valence-electron chi connectivity index (χ2n) is 7.09. The van der Waals surface area contributed by atoms with Crippen LogP contribution in [0.15, 0.2) is 54.9 Å². The van der Waals surface area contributed by atoms with Gasteiger partial charge in [-0.05, 0) is 48.7 Å². The molecule has 3 aromatic rings. The van der Waals surface area contributed by atoms with Gasteiger partial charge in [0.15, 0.2) is 0 Å². The first kappa shape index (κ1) is 17.9. The predicted molar refractivity (Wildman–Crippen MR) is 106 cm³/mol. The average Bonchev–Trinajstić information content (AvgIpc) is 2.71. The number of ether oxygens (including phenoxy) is 1. The molecule has 0 bridgehead atoms. The van der Waals surface area contributed by atoms with E-state index in [9.17, 15) is 5.11 Å². The largest absolute Gasteiger partial charge is 0.487 e. The monoisotopic (exact) mass is 363 g/mol. The van der Waals surface area contributed by atoms with Crippen LogP contribution < -0.4 is 4.74 Å². The summed E-state index contributed by atoms with van der Waals surface area (Å²) in [4.78, 5) is 11.1. The van der Waals surface area contributed by atoms with Crippen LogP contribution >= 0.6 is 0 Å². The van der Waals surface area contributed by atoms with Crippen LogP contribution in [-0.2, 0) is 13.0 Å². The molecule has 4 rings (SSSR count). The first-order valence-corrected chi connectivity index (χ1v) is 9.57. The fraction of sp³-hybridized carbons (Fsp3) is 0.364. The summed E-state index contributed by atoms with van der Waals surface area (Å²) in [6, 6.07) is 14.0. The van der Waals surface area contributed by atoms with Crippen LogP contribution in [0.2, 0.25) is 0 Å². The van der Waals surface area contributed by atoms with E-state index < -0.39 is 6.10 Å². The molecule has 1 aromatic carbocycles. The highest BCUT2D eigenvalue weighted by atomic mass is 16.5. The highest BCUT2D eigenvalue weighted by Crippen LogP contribution is 2.27. The lowest BCUT2D eigenvalue weighted by Gasteiger charge is -2.35. The molecule has 1 saturated heterocycles. The van der Waals surface area contributed by atoms with Gasteiger partial charge in [0.2, 0.25) is 0 Å². The van der Waals surface area contributed by atoms with E-state index in [1.807, 2.05) is 36.5 Å². The zero-order valence-electron chi connectivity index (χ0n) is 15.6. The zero-order chi connectivity index (χ0) is 18.6. The molecule has 2 atom stereocenters.